The van der Waals surface area contributed by atoms with Crippen LogP contribution in [0.2, 0.25) is 0 Å². The van der Waals surface area contributed by atoms with E-state index in [4.69, 9.17) is 9.84 Å². The SMILES string of the molecule is O=C(O)C1COC2CCCCCC21. The Morgan fingerprint density at radius 3 is 2.77 bits per heavy atom. The highest BCUT2D eigenvalue weighted by Gasteiger charge is 2.41. The third-order valence-electron chi connectivity index (χ3n) is 3.33. The van der Waals surface area contributed by atoms with Gasteiger partial charge in [-0.05, 0) is 12.8 Å². The Morgan fingerprint density at radius 1 is 1.23 bits per heavy atom. The van der Waals surface area contributed by atoms with Crippen molar-refractivity contribution in [3.63, 3.8) is 0 Å². The highest BCUT2D eigenvalue weighted by Crippen LogP contribution is 2.36. The van der Waals surface area contributed by atoms with E-state index in [9.17, 15) is 4.79 Å². The quantitative estimate of drug-likeness (QED) is 0.674. The molecule has 1 aliphatic carbocycles. The second-order valence-corrected chi connectivity index (χ2v) is 4.12. The summed E-state index contributed by atoms with van der Waals surface area (Å²) in [5, 5.41) is 8.96. The van der Waals surface area contributed by atoms with E-state index in [0.717, 1.165) is 12.8 Å². The molecule has 1 heterocycles. The molecule has 3 unspecified atom stereocenters. The molecule has 3 heteroatoms. The van der Waals surface area contributed by atoms with Gasteiger partial charge in [0.2, 0.25) is 0 Å². The van der Waals surface area contributed by atoms with Crippen molar-refractivity contribution < 1.29 is 14.6 Å². The molecule has 0 aromatic carbocycles. The predicted octanol–water partition coefficient (Wildman–Crippen LogP) is 1.67. The number of aliphatic carboxylic acids is 1. The molecule has 2 rings (SSSR count). The monoisotopic (exact) mass is 184 g/mol. The second kappa shape index (κ2) is 3.66. The number of carboxylic acids is 1. The molecule has 1 saturated carbocycles. The van der Waals surface area contributed by atoms with Crippen molar-refractivity contribution in [1.82, 2.24) is 0 Å². The number of fused-ring (bicyclic) bond motifs is 1. The molecule has 3 atom stereocenters. The fraction of sp³-hybridized carbons (Fsp3) is 0.900. The first-order chi connectivity index (χ1) is 6.29. The summed E-state index contributed by atoms with van der Waals surface area (Å²) in [5.74, 6) is -0.613. The van der Waals surface area contributed by atoms with Crippen LogP contribution in [0.5, 0.6) is 0 Å². The summed E-state index contributed by atoms with van der Waals surface area (Å²) in [5.41, 5.74) is 0. The van der Waals surface area contributed by atoms with Gasteiger partial charge in [-0.1, -0.05) is 19.3 Å². The zero-order valence-corrected chi connectivity index (χ0v) is 7.74. The average Bonchev–Trinajstić information content (AvgIpc) is 2.36. The van der Waals surface area contributed by atoms with Crippen molar-refractivity contribution >= 4 is 5.97 Å². The predicted molar refractivity (Wildman–Crippen MR) is 47.4 cm³/mol. The summed E-state index contributed by atoms with van der Waals surface area (Å²) in [6.45, 7) is 0.435. The third-order valence-corrected chi connectivity index (χ3v) is 3.33. The highest BCUT2D eigenvalue weighted by atomic mass is 16.5. The lowest BCUT2D eigenvalue weighted by Crippen LogP contribution is -2.25. The maximum absolute atomic E-state index is 10.9. The largest absolute Gasteiger partial charge is 0.481 e. The summed E-state index contributed by atoms with van der Waals surface area (Å²) in [6, 6.07) is 0. The average molecular weight is 184 g/mol. The van der Waals surface area contributed by atoms with Gasteiger partial charge in [0.25, 0.3) is 0 Å². The maximum atomic E-state index is 10.9. The number of hydrogen-bond donors (Lipinski definition) is 1. The van der Waals surface area contributed by atoms with Crippen LogP contribution in [-0.2, 0) is 9.53 Å². The summed E-state index contributed by atoms with van der Waals surface area (Å²) in [4.78, 5) is 10.9. The Morgan fingerprint density at radius 2 is 2.00 bits per heavy atom. The lowest BCUT2D eigenvalue weighted by Gasteiger charge is -2.17. The molecule has 2 aliphatic rings. The molecule has 0 radical (unpaired) electrons. The second-order valence-electron chi connectivity index (χ2n) is 4.12. The van der Waals surface area contributed by atoms with Gasteiger partial charge in [0.05, 0.1) is 18.6 Å². The summed E-state index contributed by atoms with van der Waals surface area (Å²) < 4.78 is 5.53. The van der Waals surface area contributed by atoms with E-state index >= 15 is 0 Å². The van der Waals surface area contributed by atoms with Crippen LogP contribution in [-0.4, -0.2) is 23.8 Å². The molecule has 0 amide bonds. The molecule has 0 bridgehead atoms. The van der Waals surface area contributed by atoms with Crippen LogP contribution in [0.15, 0.2) is 0 Å². The molecule has 0 aromatic rings. The van der Waals surface area contributed by atoms with Crippen molar-refractivity contribution in [2.75, 3.05) is 6.61 Å². The van der Waals surface area contributed by atoms with E-state index in [1.54, 1.807) is 0 Å². The van der Waals surface area contributed by atoms with Crippen LogP contribution in [0.25, 0.3) is 0 Å². The first kappa shape index (κ1) is 9.00. The fourth-order valence-corrected chi connectivity index (χ4v) is 2.57. The number of ether oxygens (including phenoxy) is 1. The first-order valence-electron chi connectivity index (χ1n) is 5.13. The number of carboxylic acid groups (broad SMARTS) is 1. The molecule has 13 heavy (non-hydrogen) atoms. The lowest BCUT2D eigenvalue weighted by atomic mass is 9.87. The van der Waals surface area contributed by atoms with Crippen LogP contribution in [0.4, 0.5) is 0 Å². The van der Waals surface area contributed by atoms with Gasteiger partial charge in [-0.25, -0.2) is 0 Å². The molecule has 74 valence electrons. The summed E-state index contributed by atoms with van der Waals surface area (Å²) in [7, 11) is 0. The normalized spacial score (nSPS) is 39.5. The van der Waals surface area contributed by atoms with E-state index in [0.29, 0.717) is 12.5 Å². The minimum Gasteiger partial charge on any atom is -0.481 e. The fourth-order valence-electron chi connectivity index (χ4n) is 2.57. The topological polar surface area (TPSA) is 46.5 Å². The zero-order chi connectivity index (χ0) is 9.26. The van der Waals surface area contributed by atoms with Crippen LogP contribution >= 0.6 is 0 Å². The van der Waals surface area contributed by atoms with Gasteiger partial charge < -0.3 is 9.84 Å². The van der Waals surface area contributed by atoms with E-state index in [1.807, 2.05) is 0 Å². The number of carbonyl (C=O) groups is 1. The van der Waals surface area contributed by atoms with E-state index in [1.165, 1.54) is 19.3 Å². The van der Waals surface area contributed by atoms with Gasteiger partial charge in [0, 0.05) is 5.92 Å². The molecule has 0 aromatic heterocycles. The van der Waals surface area contributed by atoms with Gasteiger partial charge in [0.1, 0.15) is 0 Å². The van der Waals surface area contributed by atoms with Crippen LogP contribution in [0.1, 0.15) is 32.1 Å². The van der Waals surface area contributed by atoms with Crippen molar-refractivity contribution in [3.8, 4) is 0 Å². The smallest absolute Gasteiger partial charge is 0.309 e. The molecule has 1 N–H and O–H groups in total. The highest BCUT2D eigenvalue weighted by molar-refractivity contribution is 5.71. The standard InChI is InChI=1S/C10H16O3/c11-10(12)8-6-13-9-5-3-1-2-4-7(8)9/h7-9H,1-6H2,(H,11,12). The third kappa shape index (κ3) is 1.70. The van der Waals surface area contributed by atoms with Crippen molar-refractivity contribution in [3.05, 3.63) is 0 Å². The Labute approximate surface area is 78.1 Å². The van der Waals surface area contributed by atoms with Crippen molar-refractivity contribution in [2.24, 2.45) is 11.8 Å². The Bertz CT molecular complexity index is 202. The first-order valence-corrected chi connectivity index (χ1v) is 5.13. The van der Waals surface area contributed by atoms with Gasteiger partial charge in [0.15, 0.2) is 0 Å². The molecule has 0 spiro atoms. The summed E-state index contributed by atoms with van der Waals surface area (Å²) >= 11 is 0. The van der Waals surface area contributed by atoms with Crippen LogP contribution < -0.4 is 0 Å². The van der Waals surface area contributed by atoms with Crippen molar-refractivity contribution in [1.29, 1.82) is 0 Å². The van der Waals surface area contributed by atoms with Gasteiger partial charge >= 0.3 is 5.97 Å². The lowest BCUT2D eigenvalue weighted by molar-refractivity contribution is -0.142. The van der Waals surface area contributed by atoms with Gasteiger partial charge in [-0.15, -0.1) is 0 Å². The Kier molecular flexibility index (Phi) is 2.54. The molecular formula is C10H16O3. The number of rotatable bonds is 1. The summed E-state index contributed by atoms with van der Waals surface area (Å²) in [6.07, 6.45) is 5.96. The molecule has 1 saturated heterocycles. The van der Waals surface area contributed by atoms with Crippen LogP contribution in [0.3, 0.4) is 0 Å². The van der Waals surface area contributed by atoms with E-state index < -0.39 is 5.97 Å². The molecule has 2 fully saturated rings. The number of hydrogen-bond acceptors (Lipinski definition) is 2. The Hall–Kier alpha value is -0.570. The van der Waals surface area contributed by atoms with E-state index in [-0.39, 0.29) is 12.0 Å². The molecular weight excluding hydrogens is 168 g/mol. The molecule has 3 nitrogen and oxygen atoms in total. The van der Waals surface area contributed by atoms with Gasteiger partial charge in [-0.2, -0.15) is 0 Å². The Balaban J connectivity index is 2.06. The van der Waals surface area contributed by atoms with E-state index in [2.05, 4.69) is 0 Å². The maximum Gasteiger partial charge on any atom is 0.309 e. The minimum absolute atomic E-state index is 0.233. The van der Waals surface area contributed by atoms with Gasteiger partial charge in [-0.3, -0.25) is 4.79 Å². The van der Waals surface area contributed by atoms with Crippen LogP contribution in [0, 0.1) is 11.8 Å². The zero-order valence-electron chi connectivity index (χ0n) is 7.74. The minimum atomic E-state index is -0.672. The van der Waals surface area contributed by atoms with Crippen molar-refractivity contribution in [2.45, 2.75) is 38.2 Å². The molecule has 1 aliphatic heterocycles.